The number of thioether (sulfide) groups is 1. The van der Waals surface area contributed by atoms with Gasteiger partial charge in [0.25, 0.3) is 0 Å². The molecule has 0 radical (unpaired) electrons. The predicted molar refractivity (Wildman–Crippen MR) is 106 cm³/mol. The molecule has 1 unspecified atom stereocenters. The number of hydrogen-bond donors (Lipinski definition) is 0. The summed E-state index contributed by atoms with van der Waals surface area (Å²) in [4.78, 5) is 14.8. The lowest BCUT2D eigenvalue weighted by Crippen LogP contribution is -2.23. The van der Waals surface area contributed by atoms with Gasteiger partial charge in [-0.05, 0) is 31.6 Å². The van der Waals surface area contributed by atoms with Gasteiger partial charge < -0.3 is 9.64 Å². The van der Waals surface area contributed by atoms with Crippen LogP contribution in [0.2, 0.25) is 0 Å². The maximum atomic E-state index is 12.6. The number of esters is 1. The molecule has 3 nitrogen and oxygen atoms in total. The third-order valence-electron chi connectivity index (χ3n) is 3.88. The highest BCUT2D eigenvalue weighted by Gasteiger charge is 2.20. The molecule has 0 aliphatic carbocycles. The number of ether oxygens (including phenoxy) is 1. The Morgan fingerprint density at radius 3 is 2.20 bits per heavy atom. The molecule has 0 aromatic heterocycles. The van der Waals surface area contributed by atoms with E-state index in [1.54, 1.807) is 0 Å². The van der Waals surface area contributed by atoms with Gasteiger partial charge in [-0.25, -0.2) is 0 Å². The second-order valence-electron chi connectivity index (χ2n) is 6.36. The van der Waals surface area contributed by atoms with Crippen LogP contribution in [0.5, 0.6) is 0 Å². The largest absolute Gasteiger partial charge is 0.461 e. The molecule has 0 saturated carbocycles. The van der Waals surface area contributed by atoms with E-state index >= 15 is 0 Å². The summed E-state index contributed by atoms with van der Waals surface area (Å²) in [5.41, 5.74) is 2.20. The van der Waals surface area contributed by atoms with Crippen LogP contribution >= 0.6 is 11.8 Å². The SMILES string of the molecule is CN(C)CCSCC(Cc1ccccc1)C(=O)OCc1ccccc1. The van der Waals surface area contributed by atoms with E-state index in [1.165, 1.54) is 5.56 Å². The van der Waals surface area contributed by atoms with Crippen LogP contribution in [0, 0.1) is 5.92 Å². The molecule has 1 atom stereocenters. The van der Waals surface area contributed by atoms with Crippen molar-refractivity contribution in [2.45, 2.75) is 13.0 Å². The summed E-state index contributed by atoms with van der Waals surface area (Å²) in [5, 5.41) is 0. The summed E-state index contributed by atoms with van der Waals surface area (Å²) >= 11 is 1.82. The molecule has 25 heavy (non-hydrogen) atoms. The van der Waals surface area contributed by atoms with Gasteiger partial charge in [0.2, 0.25) is 0 Å². The number of benzene rings is 2. The molecule has 0 N–H and O–H groups in total. The Hall–Kier alpha value is -1.78. The van der Waals surface area contributed by atoms with Gasteiger partial charge in [-0.2, -0.15) is 11.8 Å². The van der Waals surface area contributed by atoms with Crippen LogP contribution in [0.1, 0.15) is 11.1 Å². The van der Waals surface area contributed by atoms with Gasteiger partial charge in [-0.15, -0.1) is 0 Å². The third-order valence-corrected chi connectivity index (χ3v) is 4.99. The van der Waals surface area contributed by atoms with Gasteiger partial charge in [0.05, 0.1) is 5.92 Å². The van der Waals surface area contributed by atoms with Crippen LogP contribution in [0.25, 0.3) is 0 Å². The summed E-state index contributed by atoms with van der Waals surface area (Å²) in [5.74, 6) is 1.59. The van der Waals surface area contributed by atoms with Crippen LogP contribution in [-0.2, 0) is 22.6 Å². The molecule has 0 aliphatic rings. The topological polar surface area (TPSA) is 29.5 Å². The van der Waals surface area contributed by atoms with Crippen LogP contribution < -0.4 is 0 Å². The van der Waals surface area contributed by atoms with E-state index < -0.39 is 0 Å². The zero-order valence-electron chi connectivity index (χ0n) is 15.1. The maximum Gasteiger partial charge on any atom is 0.310 e. The predicted octanol–water partition coefficient (Wildman–Crippen LogP) is 3.88. The second-order valence-corrected chi connectivity index (χ2v) is 7.51. The molecule has 0 aliphatic heterocycles. The molecular formula is C21H27NO2S. The van der Waals surface area contributed by atoms with Crippen LogP contribution in [-0.4, -0.2) is 43.0 Å². The zero-order valence-corrected chi connectivity index (χ0v) is 15.9. The number of carbonyl (C=O) groups excluding carboxylic acids is 1. The first-order chi connectivity index (χ1) is 12.1. The van der Waals surface area contributed by atoms with Gasteiger partial charge in [-0.1, -0.05) is 60.7 Å². The van der Waals surface area contributed by atoms with E-state index in [1.807, 2.05) is 60.3 Å². The first-order valence-corrected chi connectivity index (χ1v) is 9.77. The lowest BCUT2D eigenvalue weighted by molar-refractivity contribution is -0.149. The van der Waals surface area contributed by atoms with Crippen molar-refractivity contribution < 1.29 is 9.53 Å². The van der Waals surface area contributed by atoms with Crippen molar-refractivity contribution in [2.75, 3.05) is 32.1 Å². The van der Waals surface area contributed by atoms with Gasteiger partial charge in [0.1, 0.15) is 6.61 Å². The zero-order chi connectivity index (χ0) is 17.9. The minimum absolute atomic E-state index is 0.106. The molecule has 2 aromatic rings. The summed E-state index contributed by atoms with van der Waals surface area (Å²) in [6.45, 7) is 1.36. The van der Waals surface area contributed by atoms with Crippen molar-refractivity contribution >= 4 is 17.7 Å². The minimum atomic E-state index is -0.113. The number of hydrogen-bond acceptors (Lipinski definition) is 4. The highest BCUT2D eigenvalue weighted by molar-refractivity contribution is 7.99. The van der Waals surface area contributed by atoms with Crippen molar-refractivity contribution in [1.29, 1.82) is 0 Å². The molecule has 0 amide bonds. The number of carbonyl (C=O) groups is 1. The molecule has 2 rings (SSSR count). The van der Waals surface area contributed by atoms with E-state index in [0.717, 1.165) is 30.0 Å². The molecule has 0 bridgehead atoms. The fraction of sp³-hybridized carbons (Fsp3) is 0.381. The normalized spacial score (nSPS) is 12.1. The molecule has 0 heterocycles. The standard InChI is InChI=1S/C21H27NO2S/c1-22(2)13-14-25-17-20(15-18-9-5-3-6-10-18)21(23)24-16-19-11-7-4-8-12-19/h3-12,20H,13-17H2,1-2H3. The lowest BCUT2D eigenvalue weighted by atomic mass is 10.0. The van der Waals surface area contributed by atoms with Gasteiger partial charge >= 0.3 is 5.97 Å². The third kappa shape index (κ3) is 7.76. The minimum Gasteiger partial charge on any atom is -0.461 e. The average molecular weight is 358 g/mol. The Morgan fingerprint density at radius 2 is 1.60 bits per heavy atom. The number of nitrogens with zero attached hydrogens (tertiary/aromatic N) is 1. The highest BCUT2D eigenvalue weighted by atomic mass is 32.2. The molecule has 0 saturated heterocycles. The molecule has 134 valence electrons. The average Bonchev–Trinajstić information content (AvgIpc) is 2.63. The summed E-state index contributed by atoms with van der Waals surface area (Å²) in [6, 6.07) is 20.0. The van der Waals surface area contributed by atoms with E-state index in [9.17, 15) is 4.79 Å². The Balaban J connectivity index is 1.90. The molecule has 0 spiro atoms. The Bertz CT molecular complexity index is 616. The first kappa shape index (κ1) is 19.5. The monoisotopic (exact) mass is 357 g/mol. The summed E-state index contributed by atoms with van der Waals surface area (Å²) in [7, 11) is 4.13. The lowest BCUT2D eigenvalue weighted by Gasteiger charge is -2.17. The Kier molecular flexibility index (Phi) is 8.56. The first-order valence-electron chi connectivity index (χ1n) is 8.62. The van der Waals surface area contributed by atoms with Crippen molar-refractivity contribution in [3.8, 4) is 0 Å². The maximum absolute atomic E-state index is 12.6. The van der Waals surface area contributed by atoms with E-state index in [2.05, 4.69) is 31.1 Å². The fourth-order valence-electron chi connectivity index (χ4n) is 2.43. The van der Waals surface area contributed by atoms with E-state index in [4.69, 9.17) is 4.74 Å². The van der Waals surface area contributed by atoms with Crippen molar-refractivity contribution in [3.63, 3.8) is 0 Å². The molecule has 2 aromatic carbocycles. The van der Waals surface area contributed by atoms with Crippen molar-refractivity contribution in [3.05, 3.63) is 71.8 Å². The van der Waals surface area contributed by atoms with Crippen LogP contribution in [0.3, 0.4) is 0 Å². The summed E-state index contributed by atoms with van der Waals surface area (Å²) in [6.07, 6.45) is 0.726. The molecule has 0 fully saturated rings. The van der Waals surface area contributed by atoms with Gasteiger partial charge in [0.15, 0.2) is 0 Å². The van der Waals surface area contributed by atoms with Crippen LogP contribution in [0.15, 0.2) is 60.7 Å². The Morgan fingerprint density at radius 1 is 1.00 bits per heavy atom. The van der Waals surface area contributed by atoms with E-state index in [-0.39, 0.29) is 11.9 Å². The van der Waals surface area contributed by atoms with E-state index in [0.29, 0.717) is 6.61 Å². The second kappa shape index (κ2) is 11.0. The fourth-order valence-corrected chi connectivity index (χ4v) is 3.63. The van der Waals surface area contributed by atoms with Gasteiger partial charge in [0, 0.05) is 18.1 Å². The van der Waals surface area contributed by atoms with Gasteiger partial charge in [-0.3, -0.25) is 4.79 Å². The van der Waals surface area contributed by atoms with Crippen LogP contribution in [0.4, 0.5) is 0 Å². The highest BCUT2D eigenvalue weighted by Crippen LogP contribution is 2.17. The quantitative estimate of drug-likeness (QED) is 0.477. The Labute approximate surface area is 155 Å². The smallest absolute Gasteiger partial charge is 0.310 e. The summed E-state index contributed by atoms with van der Waals surface area (Å²) < 4.78 is 5.58. The van der Waals surface area contributed by atoms with Crippen molar-refractivity contribution in [2.24, 2.45) is 5.92 Å². The molecule has 4 heteroatoms. The van der Waals surface area contributed by atoms with Crippen molar-refractivity contribution in [1.82, 2.24) is 4.90 Å². The number of rotatable bonds is 10. The molecular weight excluding hydrogens is 330 g/mol.